The number of hydrogen-bond acceptors (Lipinski definition) is 4. The van der Waals surface area contributed by atoms with Crippen molar-refractivity contribution >= 4 is 43.4 Å². The summed E-state index contributed by atoms with van der Waals surface area (Å²) >= 11 is 4.92. The summed E-state index contributed by atoms with van der Waals surface area (Å²) in [5.74, 6) is 0. The molecule has 0 aliphatic carbocycles. The number of nitrogens with zero attached hydrogens (tertiary/aromatic N) is 3. The van der Waals surface area contributed by atoms with Crippen molar-refractivity contribution in [2.24, 2.45) is 4.40 Å². The minimum absolute atomic E-state index is 0.160. The fourth-order valence-electron chi connectivity index (χ4n) is 2.22. The van der Waals surface area contributed by atoms with E-state index in [2.05, 4.69) is 25.3 Å². The predicted molar refractivity (Wildman–Crippen MR) is 98.6 cm³/mol. The quantitative estimate of drug-likeness (QED) is 0.478. The molecule has 1 aromatic carbocycles. The number of rotatable bonds is 3. The Kier molecular flexibility index (Phi) is 4.80. The summed E-state index contributed by atoms with van der Waals surface area (Å²) in [5, 5.41) is 0.696. The molecule has 0 radical (unpaired) electrons. The highest BCUT2D eigenvalue weighted by atomic mass is 79.9. The monoisotopic (exact) mass is 423 g/mol. The number of pyridine rings is 1. The van der Waals surface area contributed by atoms with E-state index in [4.69, 9.17) is 0 Å². The van der Waals surface area contributed by atoms with Crippen molar-refractivity contribution in [3.05, 3.63) is 64.2 Å². The zero-order valence-electron chi connectivity index (χ0n) is 13.0. The van der Waals surface area contributed by atoms with E-state index in [1.807, 2.05) is 25.4 Å². The number of hydrogen-bond donors (Lipinski definition) is 0. The molecular formula is C16H14BrN3O2S2. The molecule has 0 aliphatic heterocycles. The average Bonchev–Trinajstić information content (AvgIpc) is 2.56. The molecule has 8 heteroatoms. The minimum Gasteiger partial charge on any atom is -0.284 e. The van der Waals surface area contributed by atoms with Crippen molar-refractivity contribution in [1.82, 2.24) is 9.38 Å². The summed E-state index contributed by atoms with van der Waals surface area (Å²) in [6.45, 7) is 1.93. The number of benzene rings is 1. The Labute approximate surface area is 152 Å². The van der Waals surface area contributed by atoms with Crippen LogP contribution in [0.15, 0.2) is 67.5 Å². The lowest BCUT2D eigenvalue weighted by Gasteiger charge is -2.08. The Bertz CT molecular complexity index is 1080. The van der Waals surface area contributed by atoms with Crippen LogP contribution in [0, 0.1) is 6.92 Å². The van der Waals surface area contributed by atoms with Crippen molar-refractivity contribution in [2.45, 2.75) is 16.8 Å². The number of sulfonamides is 1. The summed E-state index contributed by atoms with van der Waals surface area (Å²) in [6.07, 6.45) is 3.70. The first-order chi connectivity index (χ1) is 11.4. The molecule has 0 unspecified atom stereocenters. The van der Waals surface area contributed by atoms with Crippen molar-refractivity contribution < 1.29 is 8.42 Å². The maximum absolute atomic E-state index is 12.6. The van der Waals surface area contributed by atoms with Crippen LogP contribution in [0.1, 0.15) is 5.56 Å². The van der Waals surface area contributed by atoms with E-state index in [1.165, 1.54) is 23.9 Å². The lowest BCUT2D eigenvalue weighted by Crippen LogP contribution is -2.19. The lowest BCUT2D eigenvalue weighted by atomic mass is 10.3. The van der Waals surface area contributed by atoms with Gasteiger partial charge in [-0.2, -0.15) is 8.42 Å². The van der Waals surface area contributed by atoms with Crippen LogP contribution < -0.4 is 5.49 Å². The SMILES string of the molecule is CSc1cc(=NS(=O)(=O)c2ccccc2)n2cc(C)cc(Br)c2n1. The summed E-state index contributed by atoms with van der Waals surface area (Å²) < 4.78 is 31.7. The molecule has 2 heterocycles. The van der Waals surface area contributed by atoms with Crippen LogP contribution in [0.4, 0.5) is 0 Å². The number of thioether (sulfide) groups is 1. The van der Waals surface area contributed by atoms with E-state index < -0.39 is 10.0 Å². The van der Waals surface area contributed by atoms with E-state index in [-0.39, 0.29) is 4.90 Å². The Balaban J connectivity index is 2.37. The predicted octanol–water partition coefficient (Wildman–Crippen LogP) is 3.42. The fraction of sp³-hybridized carbons (Fsp3) is 0.125. The zero-order chi connectivity index (χ0) is 17.3. The number of halogens is 1. The first kappa shape index (κ1) is 17.2. The van der Waals surface area contributed by atoms with E-state index in [1.54, 1.807) is 28.7 Å². The van der Waals surface area contributed by atoms with Crippen LogP contribution in [0.3, 0.4) is 0 Å². The molecule has 5 nitrogen and oxygen atoms in total. The van der Waals surface area contributed by atoms with Crippen LogP contribution in [0.2, 0.25) is 0 Å². The topological polar surface area (TPSA) is 63.8 Å². The van der Waals surface area contributed by atoms with Gasteiger partial charge in [0.1, 0.15) is 5.03 Å². The molecular weight excluding hydrogens is 410 g/mol. The molecule has 3 rings (SSSR count). The first-order valence-electron chi connectivity index (χ1n) is 7.00. The smallest absolute Gasteiger partial charge is 0.284 e. The standard InChI is InChI=1S/C16H14BrN3O2S2/c1-11-8-13(17)16-18-15(23-2)9-14(20(16)10-11)19-24(21,22)12-6-4-3-5-7-12/h3-10H,1-2H3. The number of aromatic nitrogens is 2. The molecule has 0 atom stereocenters. The Morgan fingerprint density at radius 2 is 1.92 bits per heavy atom. The van der Waals surface area contributed by atoms with Gasteiger partial charge in [0.05, 0.1) is 9.37 Å². The average molecular weight is 424 g/mol. The van der Waals surface area contributed by atoms with Gasteiger partial charge in [0, 0.05) is 12.3 Å². The Morgan fingerprint density at radius 3 is 2.58 bits per heavy atom. The van der Waals surface area contributed by atoms with Gasteiger partial charge in [-0.05, 0) is 52.9 Å². The molecule has 0 spiro atoms. The number of fused-ring (bicyclic) bond motifs is 1. The van der Waals surface area contributed by atoms with Crippen molar-refractivity contribution in [3.63, 3.8) is 0 Å². The maximum atomic E-state index is 12.6. The number of aryl methyl sites for hydroxylation is 1. The van der Waals surface area contributed by atoms with Crippen LogP contribution in [-0.4, -0.2) is 24.1 Å². The second kappa shape index (κ2) is 6.70. The van der Waals surface area contributed by atoms with Gasteiger partial charge >= 0.3 is 0 Å². The van der Waals surface area contributed by atoms with E-state index in [9.17, 15) is 8.42 Å². The largest absolute Gasteiger partial charge is 0.284 e. The van der Waals surface area contributed by atoms with E-state index in [0.717, 1.165) is 10.0 Å². The van der Waals surface area contributed by atoms with E-state index >= 15 is 0 Å². The molecule has 0 N–H and O–H groups in total. The zero-order valence-corrected chi connectivity index (χ0v) is 16.2. The van der Waals surface area contributed by atoms with Crippen molar-refractivity contribution in [2.75, 3.05) is 6.26 Å². The second-order valence-corrected chi connectivity index (χ2v) is 8.38. The van der Waals surface area contributed by atoms with Gasteiger partial charge in [-0.3, -0.25) is 4.40 Å². The minimum atomic E-state index is -3.80. The maximum Gasteiger partial charge on any atom is 0.284 e. The molecule has 2 aromatic heterocycles. The van der Waals surface area contributed by atoms with Crippen molar-refractivity contribution in [1.29, 1.82) is 0 Å². The fourth-order valence-corrected chi connectivity index (χ4v) is 4.26. The van der Waals surface area contributed by atoms with E-state index in [0.29, 0.717) is 16.2 Å². The van der Waals surface area contributed by atoms with Gasteiger partial charge < -0.3 is 0 Å². The highest BCUT2D eigenvalue weighted by Crippen LogP contribution is 2.20. The highest BCUT2D eigenvalue weighted by molar-refractivity contribution is 9.10. The van der Waals surface area contributed by atoms with Gasteiger partial charge in [0.25, 0.3) is 10.0 Å². The third kappa shape index (κ3) is 3.40. The lowest BCUT2D eigenvalue weighted by molar-refractivity contribution is 0.596. The molecule has 0 amide bonds. The van der Waals surface area contributed by atoms with Gasteiger partial charge in [-0.15, -0.1) is 16.2 Å². The third-order valence-corrected chi connectivity index (χ3v) is 5.81. The van der Waals surface area contributed by atoms with Crippen LogP contribution in [0.5, 0.6) is 0 Å². The Morgan fingerprint density at radius 1 is 1.21 bits per heavy atom. The summed E-state index contributed by atoms with van der Waals surface area (Å²) in [6, 6.07) is 11.8. The summed E-state index contributed by atoms with van der Waals surface area (Å²) in [4.78, 5) is 4.68. The molecule has 24 heavy (non-hydrogen) atoms. The second-order valence-electron chi connectivity index (χ2n) is 5.10. The molecule has 0 saturated heterocycles. The van der Waals surface area contributed by atoms with Crippen LogP contribution >= 0.6 is 27.7 Å². The molecule has 0 bridgehead atoms. The van der Waals surface area contributed by atoms with Crippen molar-refractivity contribution in [3.8, 4) is 0 Å². The van der Waals surface area contributed by atoms with Crippen LogP contribution in [-0.2, 0) is 10.0 Å². The van der Waals surface area contributed by atoms with Gasteiger partial charge in [0.15, 0.2) is 11.1 Å². The summed E-state index contributed by atoms with van der Waals surface area (Å²) in [5.41, 5.74) is 1.90. The van der Waals surface area contributed by atoms with Crippen LogP contribution in [0.25, 0.3) is 5.65 Å². The molecule has 0 saturated carbocycles. The first-order valence-corrected chi connectivity index (χ1v) is 10.5. The highest BCUT2D eigenvalue weighted by Gasteiger charge is 2.13. The third-order valence-electron chi connectivity index (χ3n) is 3.31. The van der Waals surface area contributed by atoms with Gasteiger partial charge in [0.2, 0.25) is 0 Å². The van der Waals surface area contributed by atoms with Gasteiger partial charge in [-0.1, -0.05) is 18.2 Å². The molecule has 0 aliphatic rings. The normalized spacial score (nSPS) is 12.7. The summed E-state index contributed by atoms with van der Waals surface area (Å²) in [7, 11) is -3.80. The molecule has 0 fully saturated rings. The Hall–Kier alpha value is -1.64. The van der Waals surface area contributed by atoms with Gasteiger partial charge in [-0.25, -0.2) is 4.98 Å². The molecule has 124 valence electrons. The molecule has 3 aromatic rings.